The zero-order valence-corrected chi connectivity index (χ0v) is 11.2. The van der Waals surface area contributed by atoms with Crippen LogP contribution in [-0.2, 0) is 0 Å². The lowest BCUT2D eigenvalue weighted by atomic mass is 10.3. The summed E-state index contributed by atoms with van der Waals surface area (Å²) in [6, 6.07) is 7.76. The van der Waals surface area contributed by atoms with Gasteiger partial charge in [-0.3, -0.25) is 4.98 Å². The average Bonchev–Trinajstić information content (AvgIpc) is 2.73. The van der Waals surface area contributed by atoms with Crippen molar-refractivity contribution in [3.8, 4) is 0 Å². The third kappa shape index (κ3) is 2.17. The van der Waals surface area contributed by atoms with E-state index in [0.717, 1.165) is 31.6 Å². The average molecular weight is 276 g/mol. The lowest BCUT2D eigenvalue weighted by Gasteiger charge is -2.01. The van der Waals surface area contributed by atoms with E-state index >= 15 is 0 Å². The highest BCUT2D eigenvalue weighted by molar-refractivity contribution is 7.22. The topological polar surface area (TPSA) is 37.8 Å². The Kier molecular flexibility index (Phi) is 2.89. The summed E-state index contributed by atoms with van der Waals surface area (Å²) in [4.78, 5) is 8.63. The minimum Gasteiger partial charge on any atom is -0.330 e. The zero-order chi connectivity index (χ0) is 12.5. The molecule has 0 unspecified atom stereocenters. The first-order chi connectivity index (χ1) is 8.72. The van der Waals surface area contributed by atoms with Crippen molar-refractivity contribution in [3.05, 3.63) is 47.2 Å². The Morgan fingerprint density at radius 3 is 2.94 bits per heavy atom. The molecule has 0 saturated carbocycles. The molecule has 0 saturated heterocycles. The Bertz CT molecular complexity index is 708. The molecule has 0 aliphatic heterocycles. The minimum absolute atomic E-state index is 0.736. The zero-order valence-electron chi connectivity index (χ0n) is 9.64. The van der Waals surface area contributed by atoms with Crippen molar-refractivity contribution >= 4 is 44.0 Å². The van der Waals surface area contributed by atoms with Crippen LogP contribution in [0.2, 0.25) is 5.02 Å². The van der Waals surface area contributed by atoms with Crippen LogP contribution in [-0.4, -0.2) is 9.97 Å². The van der Waals surface area contributed by atoms with Crippen molar-refractivity contribution < 1.29 is 0 Å². The molecule has 0 aliphatic rings. The number of aromatic nitrogens is 2. The molecule has 0 bridgehead atoms. The maximum absolute atomic E-state index is 6.13. The molecule has 0 fully saturated rings. The van der Waals surface area contributed by atoms with Crippen LogP contribution >= 0.6 is 22.9 Å². The number of benzene rings is 1. The molecular weight excluding hydrogens is 266 g/mol. The maximum Gasteiger partial charge on any atom is 0.188 e. The van der Waals surface area contributed by atoms with Crippen molar-refractivity contribution in [2.24, 2.45) is 0 Å². The van der Waals surface area contributed by atoms with Crippen molar-refractivity contribution in [1.29, 1.82) is 0 Å². The second-order valence-corrected chi connectivity index (χ2v) is 5.39. The van der Waals surface area contributed by atoms with Crippen molar-refractivity contribution in [2.45, 2.75) is 6.92 Å². The van der Waals surface area contributed by atoms with E-state index in [9.17, 15) is 0 Å². The molecule has 3 rings (SSSR count). The smallest absolute Gasteiger partial charge is 0.188 e. The Morgan fingerprint density at radius 1 is 1.28 bits per heavy atom. The van der Waals surface area contributed by atoms with Crippen LogP contribution in [0.5, 0.6) is 0 Å². The van der Waals surface area contributed by atoms with Crippen molar-refractivity contribution in [1.82, 2.24) is 9.97 Å². The molecule has 2 aromatic heterocycles. The fraction of sp³-hybridized carbons (Fsp3) is 0.0769. The lowest BCUT2D eigenvalue weighted by molar-refractivity contribution is 1.26. The molecule has 1 aromatic carbocycles. The first-order valence-corrected chi connectivity index (χ1v) is 6.65. The van der Waals surface area contributed by atoms with Gasteiger partial charge in [-0.15, -0.1) is 0 Å². The SMILES string of the molecule is Cc1cncc(Nc2nc3cccc(Cl)c3s2)c1. The summed E-state index contributed by atoms with van der Waals surface area (Å²) in [5.41, 5.74) is 2.96. The van der Waals surface area contributed by atoms with E-state index in [-0.39, 0.29) is 0 Å². The van der Waals surface area contributed by atoms with Crippen molar-refractivity contribution in [3.63, 3.8) is 0 Å². The molecule has 3 nitrogen and oxygen atoms in total. The van der Waals surface area contributed by atoms with E-state index in [2.05, 4.69) is 15.3 Å². The van der Waals surface area contributed by atoms with Gasteiger partial charge in [-0.05, 0) is 30.7 Å². The Labute approximate surface area is 113 Å². The van der Waals surface area contributed by atoms with Gasteiger partial charge in [-0.25, -0.2) is 4.98 Å². The van der Waals surface area contributed by atoms with E-state index in [1.54, 1.807) is 17.5 Å². The van der Waals surface area contributed by atoms with Gasteiger partial charge in [0.15, 0.2) is 5.13 Å². The lowest BCUT2D eigenvalue weighted by Crippen LogP contribution is -1.90. The van der Waals surface area contributed by atoms with Crippen LogP contribution in [0.1, 0.15) is 5.56 Å². The third-order valence-corrected chi connectivity index (χ3v) is 3.94. The number of nitrogens with one attached hydrogen (secondary N) is 1. The summed E-state index contributed by atoms with van der Waals surface area (Å²) in [7, 11) is 0. The molecule has 2 heterocycles. The van der Waals surface area contributed by atoms with Crippen LogP contribution in [0.3, 0.4) is 0 Å². The van der Waals surface area contributed by atoms with Gasteiger partial charge in [-0.1, -0.05) is 29.0 Å². The van der Waals surface area contributed by atoms with Gasteiger partial charge < -0.3 is 5.32 Å². The summed E-state index contributed by atoms with van der Waals surface area (Å²) in [5.74, 6) is 0. The predicted molar refractivity (Wildman–Crippen MR) is 76.9 cm³/mol. The Balaban J connectivity index is 1.98. The second-order valence-electron chi connectivity index (χ2n) is 3.98. The van der Waals surface area contributed by atoms with E-state index in [0.29, 0.717) is 0 Å². The largest absolute Gasteiger partial charge is 0.330 e. The van der Waals surface area contributed by atoms with Crippen LogP contribution in [0.4, 0.5) is 10.8 Å². The standard InChI is InChI=1S/C13H10ClN3S/c1-8-5-9(7-15-6-8)16-13-17-11-4-2-3-10(14)12(11)18-13/h2-7H,1H3,(H,16,17). The first-order valence-electron chi connectivity index (χ1n) is 5.46. The number of rotatable bonds is 2. The predicted octanol–water partition coefficient (Wildman–Crippen LogP) is 4.40. The summed E-state index contributed by atoms with van der Waals surface area (Å²) < 4.78 is 1.00. The molecule has 18 heavy (non-hydrogen) atoms. The van der Waals surface area contributed by atoms with Crippen LogP contribution in [0.15, 0.2) is 36.7 Å². The highest BCUT2D eigenvalue weighted by Gasteiger charge is 2.06. The third-order valence-electron chi connectivity index (χ3n) is 2.49. The maximum atomic E-state index is 6.13. The highest BCUT2D eigenvalue weighted by atomic mass is 35.5. The molecule has 0 aliphatic carbocycles. The second kappa shape index (κ2) is 4.55. The number of pyridine rings is 1. The molecular formula is C13H10ClN3S. The number of thiazole rings is 1. The number of halogens is 1. The Morgan fingerprint density at radius 2 is 2.17 bits per heavy atom. The van der Waals surface area contributed by atoms with Crippen molar-refractivity contribution in [2.75, 3.05) is 5.32 Å². The van der Waals surface area contributed by atoms with E-state index in [1.807, 2.05) is 37.4 Å². The number of anilines is 2. The number of nitrogens with zero attached hydrogens (tertiary/aromatic N) is 2. The van der Waals surface area contributed by atoms with Gasteiger partial charge >= 0.3 is 0 Å². The first kappa shape index (κ1) is 11.4. The Hall–Kier alpha value is -1.65. The minimum atomic E-state index is 0.736. The number of fused-ring (bicyclic) bond motifs is 1. The van der Waals surface area contributed by atoms with Gasteiger partial charge in [0.05, 0.1) is 27.1 Å². The summed E-state index contributed by atoms with van der Waals surface area (Å²) in [6.45, 7) is 2.01. The summed E-state index contributed by atoms with van der Waals surface area (Å²) in [5, 5.41) is 4.81. The van der Waals surface area contributed by atoms with Gasteiger partial charge in [0, 0.05) is 6.20 Å². The summed E-state index contributed by atoms with van der Waals surface area (Å²) in [6.07, 6.45) is 3.60. The van der Waals surface area contributed by atoms with Gasteiger partial charge in [0.25, 0.3) is 0 Å². The molecule has 0 spiro atoms. The normalized spacial score (nSPS) is 10.8. The van der Waals surface area contributed by atoms with Gasteiger partial charge in [0.1, 0.15) is 0 Å². The van der Waals surface area contributed by atoms with Crippen LogP contribution < -0.4 is 5.32 Å². The fourth-order valence-corrected chi connectivity index (χ4v) is 2.89. The summed E-state index contributed by atoms with van der Waals surface area (Å²) >= 11 is 7.67. The van der Waals surface area contributed by atoms with Crippen LogP contribution in [0, 0.1) is 6.92 Å². The number of hydrogen-bond donors (Lipinski definition) is 1. The monoisotopic (exact) mass is 275 g/mol. The van der Waals surface area contributed by atoms with E-state index in [1.165, 1.54) is 0 Å². The fourth-order valence-electron chi connectivity index (χ4n) is 1.72. The van der Waals surface area contributed by atoms with Gasteiger partial charge in [0.2, 0.25) is 0 Å². The molecule has 0 radical (unpaired) electrons. The molecule has 0 atom stereocenters. The van der Waals surface area contributed by atoms with Gasteiger partial charge in [-0.2, -0.15) is 0 Å². The quantitative estimate of drug-likeness (QED) is 0.753. The van der Waals surface area contributed by atoms with E-state index < -0.39 is 0 Å². The molecule has 3 aromatic rings. The van der Waals surface area contributed by atoms with Crippen LogP contribution in [0.25, 0.3) is 10.2 Å². The highest BCUT2D eigenvalue weighted by Crippen LogP contribution is 2.33. The van der Waals surface area contributed by atoms with E-state index in [4.69, 9.17) is 11.6 Å². The molecule has 5 heteroatoms. The molecule has 90 valence electrons. The molecule has 0 amide bonds. The number of aryl methyl sites for hydroxylation is 1. The molecule has 1 N–H and O–H groups in total. The number of hydrogen-bond acceptors (Lipinski definition) is 4.